The molecule has 0 amide bonds. The van der Waals surface area contributed by atoms with Crippen molar-refractivity contribution in [2.75, 3.05) is 0 Å². The predicted octanol–water partition coefficient (Wildman–Crippen LogP) is 1.39. The highest BCUT2D eigenvalue weighted by atomic mass is 16.1. The van der Waals surface area contributed by atoms with Crippen molar-refractivity contribution in [3.8, 4) is 0 Å². The van der Waals surface area contributed by atoms with Crippen LogP contribution in [0.2, 0.25) is 0 Å². The maximum atomic E-state index is 10.0. The Balaban J connectivity index is 2.33. The van der Waals surface area contributed by atoms with Gasteiger partial charge in [0.1, 0.15) is 0 Å². The van der Waals surface area contributed by atoms with Crippen LogP contribution in [0.1, 0.15) is 20.3 Å². The zero-order chi connectivity index (χ0) is 6.15. The molecule has 8 heavy (non-hydrogen) atoms. The molecule has 1 aliphatic carbocycles. The van der Waals surface area contributed by atoms with Crippen molar-refractivity contribution < 1.29 is 4.79 Å². The summed E-state index contributed by atoms with van der Waals surface area (Å²) in [4.78, 5) is 10.0. The molecule has 1 saturated carbocycles. The summed E-state index contributed by atoms with van der Waals surface area (Å²) in [7, 11) is 0. The highest BCUT2D eigenvalue weighted by molar-refractivity contribution is 5.60. The molecular formula is C7H11O. The van der Waals surface area contributed by atoms with Gasteiger partial charge in [0.15, 0.2) is 0 Å². The normalized spacial score (nSPS) is 44.0. The van der Waals surface area contributed by atoms with Gasteiger partial charge in [0.2, 0.25) is 6.29 Å². The van der Waals surface area contributed by atoms with Gasteiger partial charge in [-0.2, -0.15) is 0 Å². The van der Waals surface area contributed by atoms with Gasteiger partial charge in [-0.25, -0.2) is 0 Å². The molecule has 0 aromatic rings. The van der Waals surface area contributed by atoms with Crippen molar-refractivity contribution >= 4 is 6.29 Å². The lowest BCUT2D eigenvalue weighted by atomic mass is 10.3. The number of carbonyl (C=O) groups excluding carboxylic acids is 1. The second-order valence-electron chi connectivity index (χ2n) is 2.57. The zero-order valence-corrected chi connectivity index (χ0v) is 5.35. The van der Waals surface area contributed by atoms with Gasteiger partial charge in [-0.3, -0.25) is 4.79 Å². The molecule has 1 nitrogen and oxygen atoms in total. The van der Waals surface area contributed by atoms with Crippen LogP contribution in [0.5, 0.6) is 0 Å². The average Bonchev–Trinajstić information content (AvgIpc) is 2.40. The van der Waals surface area contributed by atoms with Gasteiger partial charge in [-0.05, 0) is 11.8 Å². The first-order valence-electron chi connectivity index (χ1n) is 3.19. The Morgan fingerprint density at radius 1 is 1.62 bits per heavy atom. The summed E-state index contributed by atoms with van der Waals surface area (Å²) < 4.78 is 0. The zero-order valence-electron chi connectivity index (χ0n) is 5.35. The summed E-state index contributed by atoms with van der Waals surface area (Å²) in [6, 6.07) is 0. The van der Waals surface area contributed by atoms with Gasteiger partial charge < -0.3 is 0 Å². The molecule has 0 spiro atoms. The first-order valence-corrected chi connectivity index (χ1v) is 3.19. The van der Waals surface area contributed by atoms with E-state index in [-0.39, 0.29) is 5.92 Å². The van der Waals surface area contributed by atoms with Crippen LogP contribution in [-0.2, 0) is 4.79 Å². The monoisotopic (exact) mass is 111 g/mol. The largest absolute Gasteiger partial charge is 0.291 e. The first kappa shape index (κ1) is 5.80. The SMILES string of the molecule is CCC1C(C)C1[C]=O. The lowest BCUT2D eigenvalue weighted by molar-refractivity contribution is 0.543. The fourth-order valence-electron chi connectivity index (χ4n) is 1.37. The fourth-order valence-corrected chi connectivity index (χ4v) is 1.37. The van der Waals surface area contributed by atoms with Crippen molar-refractivity contribution in [2.45, 2.75) is 20.3 Å². The summed E-state index contributed by atoms with van der Waals surface area (Å²) in [5, 5.41) is 0. The van der Waals surface area contributed by atoms with Gasteiger partial charge in [-0.15, -0.1) is 0 Å². The minimum Gasteiger partial charge on any atom is -0.291 e. The van der Waals surface area contributed by atoms with E-state index in [2.05, 4.69) is 13.8 Å². The molecule has 45 valence electrons. The molecule has 3 unspecified atom stereocenters. The molecule has 0 aliphatic heterocycles. The summed E-state index contributed by atoms with van der Waals surface area (Å²) >= 11 is 0. The number of rotatable bonds is 2. The topological polar surface area (TPSA) is 17.1 Å². The van der Waals surface area contributed by atoms with Gasteiger partial charge in [0.05, 0.1) is 0 Å². The van der Waals surface area contributed by atoms with E-state index < -0.39 is 0 Å². The lowest BCUT2D eigenvalue weighted by Crippen LogP contribution is -1.78. The van der Waals surface area contributed by atoms with Crippen LogP contribution < -0.4 is 0 Å². The van der Waals surface area contributed by atoms with Gasteiger partial charge >= 0.3 is 0 Å². The van der Waals surface area contributed by atoms with Crippen molar-refractivity contribution in [3.63, 3.8) is 0 Å². The number of hydrogen-bond donors (Lipinski definition) is 0. The molecule has 0 N–H and O–H groups in total. The lowest BCUT2D eigenvalue weighted by Gasteiger charge is -1.79. The Hall–Kier alpha value is -0.330. The third-order valence-corrected chi connectivity index (χ3v) is 2.17. The minimum absolute atomic E-state index is 0.278. The fraction of sp³-hybridized carbons (Fsp3) is 0.857. The predicted molar refractivity (Wildman–Crippen MR) is 32.1 cm³/mol. The van der Waals surface area contributed by atoms with Crippen LogP contribution in [0.15, 0.2) is 0 Å². The van der Waals surface area contributed by atoms with Gasteiger partial charge in [0, 0.05) is 5.92 Å². The minimum atomic E-state index is 0.278. The molecule has 0 heterocycles. The second-order valence-corrected chi connectivity index (χ2v) is 2.57. The molecule has 3 atom stereocenters. The van der Waals surface area contributed by atoms with E-state index in [1.807, 2.05) is 6.29 Å². The van der Waals surface area contributed by atoms with Crippen LogP contribution >= 0.6 is 0 Å². The van der Waals surface area contributed by atoms with E-state index in [4.69, 9.17) is 0 Å². The highest BCUT2D eigenvalue weighted by Crippen LogP contribution is 2.46. The van der Waals surface area contributed by atoms with Crippen molar-refractivity contribution in [2.24, 2.45) is 17.8 Å². The Bertz CT molecular complexity index is 98.6. The van der Waals surface area contributed by atoms with E-state index in [0.717, 1.165) is 6.42 Å². The van der Waals surface area contributed by atoms with Gasteiger partial charge in [0.25, 0.3) is 0 Å². The Morgan fingerprint density at radius 2 is 2.25 bits per heavy atom. The maximum absolute atomic E-state index is 10.0. The smallest absolute Gasteiger partial charge is 0.202 e. The van der Waals surface area contributed by atoms with Crippen molar-refractivity contribution in [1.29, 1.82) is 0 Å². The maximum Gasteiger partial charge on any atom is 0.202 e. The summed E-state index contributed by atoms with van der Waals surface area (Å²) in [5.74, 6) is 1.56. The van der Waals surface area contributed by atoms with E-state index >= 15 is 0 Å². The van der Waals surface area contributed by atoms with E-state index in [1.165, 1.54) is 0 Å². The molecular weight excluding hydrogens is 100 g/mol. The second kappa shape index (κ2) is 1.88. The molecule has 0 aromatic heterocycles. The molecule has 1 heteroatoms. The Labute approximate surface area is 50.1 Å². The van der Waals surface area contributed by atoms with Crippen LogP contribution in [-0.4, -0.2) is 6.29 Å². The van der Waals surface area contributed by atoms with Crippen molar-refractivity contribution in [3.05, 3.63) is 0 Å². The quantitative estimate of drug-likeness (QED) is 0.526. The third-order valence-electron chi connectivity index (χ3n) is 2.17. The average molecular weight is 111 g/mol. The van der Waals surface area contributed by atoms with E-state index in [9.17, 15) is 4.79 Å². The molecule has 0 saturated heterocycles. The highest BCUT2D eigenvalue weighted by Gasteiger charge is 2.45. The van der Waals surface area contributed by atoms with E-state index in [0.29, 0.717) is 11.8 Å². The molecule has 1 aliphatic rings. The molecule has 1 fully saturated rings. The van der Waals surface area contributed by atoms with Crippen LogP contribution in [0.25, 0.3) is 0 Å². The summed E-state index contributed by atoms with van der Waals surface area (Å²) in [6.45, 7) is 4.24. The Kier molecular flexibility index (Phi) is 1.37. The van der Waals surface area contributed by atoms with Gasteiger partial charge in [-0.1, -0.05) is 20.3 Å². The molecule has 1 rings (SSSR count). The summed E-state index contributed by atoms with van der Waals surface area (Å²) in [5.41, 5.74) is 0. The summed E-state index contributed by atoms with van der Waals surface area (Å²) in [6.07, 6.45) is 3.18. The van der Waals surface area contributed by atoms with Crippen molar-refractivity contribution in [1.82, 2.24) is 0 Å². The number of hydrogen-bond acceptors (Lipinski definition) is 1. The molecule has 0 bridgehead atoms. The standard InChI is InChI=1S/C7H11O/c1-3-6-5(2)7(6)4-8/h5-7H,3H2,1-2H3. The first-order chi connectivity index (χ1) is 3.81. The van der Waals surface area contributed by atoms with E-state index in [1.54, 1.807) is 0 Å². The molecule has 0 aromatic carbocycles. The van der Waals surface area contributed by atoms with Crippen LogP contribution in [0.4, 0.5) is 0 Å². The van der Waals surface area contributed by atoms with Crippen LogP contribution in [0, 0.1) is 17.8 Å². The molecule has 1 radical (unpaired) electrons. The van der Waals surface area contributed by atoms with Crippen LogP contribution in [0.3, 0.4) is 0 Å². The third kappa shape index (κ3) is 0.662. The Morgan fingerprint density at radius 3 is 2.38 bits per heavy atom.